The van der Waals surface area contributed by atoms with Crippen molar-refractivity contribution in [3.63, 3.8) is 0 Å². The second-order valence-electron chi connectivity index (χ2n) is 4.15. The van der Waals surface area contributed by atoms with Crippen molar-refractivity contribution in [1.29, 1.82) is 0 Å². The van der Waals surface area contributed by atoms with E-state index in [0.717, 1.165) is 0 Å². The Morgan fingerprint density at radius 1 is 1.59 bits per heavy atom. The van der Waals surface area contributed by atoms with Crippen LogP contribution >= 0.6 is 11.6 Å². The highest BCUT2D eigenvalue weighted by Gasteiger charge is 2.25. The molecule has 1 aliphatic heterocycles. The van der Waals surface area contributed by atoms with E-state index in [0.29, 0.717) is 36.0 Å². The first kappa shape index (κ1) is 12.2. The van der Waals surface area contributed by atoms with Crippen molar-refractivity contribution in [2.24, 2.45) is 0 Å². The molecule has 0 unspecified atom stereocenters. The maximum absolute atomic E-state index is 12.3. The van der Waals surface area contributed by atoms with Crippen LogP contribution in [0.2, 0.25) is 5.02 Å². The Bertz CT molecular complexity index is 437. The van der Waals surface area contributed by atoms with Crippen LogP contribution in [-0.2, 0) is 4.74 Å². The summed E-state index contributed by atoms with van der Waals surface area (Å²) >= 11 is 5.81. The van der Waals surface area contributed by atoms with Crippen LogP contribution < -0.4 is 5.73 Å². The third-order valence-electron chi connectivity index (χ3n) is 2.87. The highest BCUT2D eigenvalue weighted by molar-refractivity contribution is 6.31. The van der Waals surface area contributed by atoms with Gasteiger partial charge in [0.25, 0.3) is 5.91 Å². The maximum Gasteiger partial charge on any atom is 0.256 e. The van der Waals surface area contributed by atoms with Gasteiger partial charge in [-0.25, -0.2) is 0 Å². The van der Waals surface area contributed by atoms with Gasteiger partial charge in [-0.05, 0) is 25.1 Å². The fourth-order valence-corrected chi connectivity index (χ4v) is 2.09. The second-order valence-corrected chi connectivity index (χ2v) is 4.59. The van der Waals surface area contributed by atoms with E-state index >= 15 is 0 Å². The van der Waals surface area contributed by atoms with Crippen molar-refractivity contribution in [1.82, 2.24) is 4.90 Å². The molecule has 0 aromatic heterocycles. The predicted molar refractivity (Wildman–Crippen MR) is 67.2 cm³/mol. The topological polar surface area (TPSA) is 55.6 Å². The number of nitrogen functional groups attached to an aromatic ring is 1. The van der Waals surface area contributed by atoms with Crippen molar-refractivity contribution >= 4 is 23.2 Å². The first-order valence-electron chi connectivity index (χ1n) is 5.53. The van der Waals surface area contributed by atoms with E-state index in [9.17, 15) is 4.79 Å². The van der Waals surface area contributed by atoms with Crippen molar-refractivity contribution in [2.45, 2.75) is 13.0 Å². The van der Waals surface area contributed by atoms with Gasteiger partial charge >= 0.3 is 0 Å². The normalized spacial score (nSPS) is 20.4. The van der Waals surface area contributed by atoms with Gasteiger partial charge < -0.3 is 15.4 Å². The van der Waals surface area contributed by atoms with E-state index in [4.69, 9.17) is 22.1 Å². The number of hydrogen-bond donors (Lipinski definition) is 1. The van der Waals surface area contributed by atoms with Crippen molar-refractivity contribution in [3.05, 3.63) is 28.8 Å². The lowest BCUT2D eigenvalue weighted by molar-refractivity contribution is 0.00365. The lowest BCUT2D eigenvalue weighted by Crippen LogP contribution is -2.47. The number of morpholine rings is 1. The Balaban J connectivity index is 2.24. The lowest BCUT2D eigenvalue weighted by Gasteiger charge is -2.33. The zero-order valence-corrected chi connectivity index (χ0v) is 10.4. The molecule has 4 nitrogen and oxygen atoms in total. The van der Waals surface area contributed by atoms with E-state index in [1.54, 1.807) is 23.1 Å². The largest absolute Gasteiger partial charge is 0.398 e. The Morgan fingerprint density at radius 2 is 2.35 bits per heavy atom. The number of halogens is 1. The third-order valence-corrected chi connectivity index (χ3v) is 3.11. The molecular formula is C12H15ClN2O2. The molecule has 1 aromatic carbocycles. The zero-order chi connectivity index (χ0) is 12.4. The van der Waals surface area contributed by atoms with Crippen LogP contribution in [0.4, 0.5) is 5.69 Å². The SMILES string of the molecule is C[C@@H]1COCCN1C(=O)c1ccc(Cl)cc1N. The number of benzene rings is 1. The molecule has 1 saturated heterocycles. The molecular weight excluding hydrogens is 240 g/mol. The summed E-state index contributed by atoms with van der Waals surface area (Å²) in [6, 6.07) is 5.02. The van der Waals surface area contributed by atoms with Crippen LogP contribution in [0, 0.1) is 0 Å². The highest BCUT2D eigenvalue weighted by atomic mass is 35.5. The number of nitrogens with two attached hydrogens (primary N) is 1. The molecule has 0 spiro atoms. The molecule has 1 aromatic rings. The summed E-state index contributed by atoms with van der Waals surface area (Å²) in [6.45, 7) is 3.70. The number of hydrogen-bond acceptors (Lipinski definition) is 3. The van der Waals surface area contributed by atoms with E-state index in [1.807, 2.05) is 6.92 Å². The van der Waals surface area contributed by atoms with E-state index < -0.39 is 0 Å². The molecule has 2 rings (SSSR count). The van der Waals surface area contributed by atoms with Gasteiger partial charge in [-0.1, -0.05) is 11.6 Å². The molecule has 1 atom stereocenters. The van der Waals surface area contributed by atoms with Crippen LogP contribution in [0.5, 0.6) is 0 Å². The molecule has 0 bridgehead atoms. The Morgan fingerprint density at radius 3 is 3.00 bits per heavy atom. The third kappa shape index (κ3) is 2.53. The first-order valence-corrected chi connectivity index (χ1v) is 5.91. The summed E-state index contributed by atoms with van der Waals surface area (Å²) in [7, 11) is 0. The molecule has 1 heterocycles. The molecule has 17 heavy (non-hydrogen) atoms. The van der Waals surface area contributed by atoms with Crippen LogP contribution in [-0.4, -0.2) is 36.6 Å². The van der Waals surface area contributed by atoms with Crippen LogP contribution in [0.3, 0.4) is 0 Å². The minimum atomic E-state index is -0.0602. The fraction of sp³-hybridized carbons (Fsp3) is 0.417. The molecule has 1 fully saturated rings. The van der Waals surface area contributed by atoms with Gasteiger partial charge in [-0.3, -0.25) is 4.79 Å². The summed E-state index contributed by atoms with van der Waals surface area (Å²) in [5, 5.41) is 0.536. The van der Waals surface area contributed by atoms with Gasteiger partial charge in [-0.2, -0.15) is 0 Å². The molecule has 2 N–H and O–H groups in total. The number of carbonyl (C=O) groups is 1. The second kappa shape index (κ2) is 4.94. The summed E-state index contributed by atoms with van der Waals surface area (Å²) in [4.78, 5) is 14.1. The summed E-state index contributed by atoms with van der Waals surface area (Å²) < 4.78 is 5.30. The average molecular weight is 255 g/mol. The quantitative estimate of drug-likeness (QED) is 0.778. The summed E-state index contributed by atoms with van der Waals surface area (Å²) in [6.07, 6.45) is 0. The van der Waals surface area contributed by atoms with Crippen LogP contribution in [0.15, 0.2) is 18.2 Å². The van der Waals surface area contributed by atoms with Crippen LogP contribution in [0.25, 0.3) is 0 Å². The fourth-order valence-electron chi connectivity index (χ4n) is 1.91. The molecule has 1 amide bonds. The highest BCUT2D eigenvalue weighted by Crippen LogP contribution is 2.21. The Kier molecular flexibility index (Phi) is 3.54. The van der Waals surface area contributed by atoms with Crippen LogP contribution in [0.1, 0.15) is 17.3 Å². The molecule has 0 radical (unpaired) electrons. The monoisotopic (exact) mass is 254 g/mol. The number of ether oxygens (including phenoxy) is 1. The van der Waals surface area contributed by atoms with Gasteiger partial charge in [0.05, 0.1) is 24.8 Å². The van der Waals surface area contributed by atoms with Gasteiger partial charge in [0.1, 0.15) is 0 Å². The molecule has 92 valence electrons. The number of nitrogens with zero attached hydrogens (tertiary/aromatic N) is 1. The van der Waals surface area contributed by atoms with Gasteiger partial charge in [0.2, 0.25) is 0 Å². The zero-order valence-electron chi connectivity index (χ0n) is 9.65. The van der Waals surface area contributed by atoms with Gasteiger partial charge in [0.15, 0.2) is 0 Å². The number of rotatable bonds is 1. The van der Waals surface area contributed by atoms with Crippen molar-refractivity contribution in [2.75, 3.05) is 25.5 Å². The first-order chi connectivity index (χ1) is 8.09. The predicted octanol–water partition coefficient (Wildman–Crippen LogP) is 1.78. The lowest BCUT2D eigenvalue weighted by atomic mass is 10.1. The number of carbonyl (C=O) groups excluding carboxylic acids is 1. The number of anilines is 1. The van der Waals surface area contributed by atoms with E-state index in [-0.39, 0.29) is 11.9 Å². The molecule has 0 aliphatic carbocycles. The van der Waals surface area contributed by atoms with Crippen molar-refractivity contribution < 1.29 is 9.53 Å². The van der Waals surface area contributed by atoms with Gasteiger partial charge in [-0.15, -0.1) is 0 Å². The minimum absolute atomic E-state index is 0.0602. The number of amides is 1. The van der Waals surface area contributed by atoms with E-state index in [1.165, 1.54) is 0 Å². The van der Waals surface area contributed by atoms with E-state index in [2.05, 4.69) is 0 Å². The standard InChI is InChI=1S/C12H15ClN2O2/c1-8-7-17-5-4-15(8)12(16)10-3-2-9(13)6-11(10)14/h2-3,6,8H,4-5,7,14H2,1H3/t8-/m1/s1. The average Bonchev–Trinajstić information content (AvgIpc) is 2.29. The smallest absolute Gasteiger partial charge is 0.256 e. The molecule has 0 saturated carbocycles. The Labute approximate surface area is 105 Å². The molecule has 5 heteroatoms. The molecule has 1 aliphatic rings. The summed E-state index contributed by atoms with van der Waals surface area (Å²) in [5.74, 6) is -0.0602. The maximum atomic E-state index is 12.3. The summed E-state index contributed by atoms with van der Waals surface area (Å²) in [5.41, 5.74) is 6.73. The van der Waals surface area contributed by atoms with Crippen molar-refractivity contribution in [3.8, 4) is 0 Å². The Hall–Kier alpha value is -1.26. The minimum Gasteiger partial charge on any atom is -0.398 e. The van der Waals surface area contributed by atoms with Gasteiger partial charge in [0, 0.05) is 17.3 Å².